The van der Waals surface area contributed by atoms with Crippen LogP contribution in [0.1, 0.15) is 54.8 Å². The van der Waals surface area contributed by atoms with E-state index in [4.69, 9.17) is 0 Å². The number of aromatic hydroxyl groups is 1. The van der Waals surface area contributed by atoms with Crippen molar-refractivity contribution < 1.29 is 9.90 Å². The second-order valence-corrected chi connectivity index (χ2v) is 9.71. The van der Waals surface area contributed by atoms with E-state index in [0.29, 0.717) is 18.0 Å². The van der Waals surface area contributed by atoms with Gasteiger partial charge in [0.05, 0.1) is 12.0 Å². The van der Waals surface area contributed by atoms with Gasteiger partial charge in [0.15, 0.2) is 11.0 Å². The number of aromatic nitrogens is 3. The van der Waals surface area contributed by atoms with E-state index in [2.05, 4.69) is 63.1 Å². The number of hydrogen-bond donors (Lipinski definition) is 2. The molecule has 1 heterocycles. The number of nitrogens with zero attached hydrogens (tertiary/aromatic N) is 4. The van der Waals surface area contributed by atoms with E-state index >= 15 is 0 Å². The standard InChI is InChI=1S/C27H31N5O2S/c1-3-8-20-9-7-10-22(25(20)34)17-28-29-24(33)18-35-27-31-30-26(21-15-13-19(2)14-16-21)32(27)23-11-5-4-6-12-23/h3,7,9-10,13-17,23,34H,1,4-6,8,11-12,18H2,2H3,(H,29,33)/b28-17-. The van der Waals surface area contributed by atoms with E-state index in [9.17, 15) is 9.90 Å². The van der Waals surface area contributed by atoms with Crippen LogP contribution in [0, 0.1) is 6.92 Å². The van der Waals surface area contributed by atoms with Crippen molar-refractivity contribution in [2.24, 2.45) is 5.10 Å². The van der Waals surface area contributed by atoms with Crippen LogP contribution in [-0.4, -0.2) is 37.7 Å². The first-order valence-electron chi connectivity index (χ1n) is 11.9. The monoisotopic (exact) mass is 489 g/mol. The molecule has 1 aliphatic rings. The molecular weight excluding hydrogens is 458 g/mol. The Labute approximate surface area is 210 Å². The minimum atomic E-state index is -0.247. The summed E-state index contributed by atoms with van der Waals surface area (Å²) < 4.78 is 2.22. The van der Waals surface area contributed by atoms with Crippen molar-refractivity contribution in [2.45, 2.75) is 56.6 Å². The van der Waals surface area contributed by atoms with Gasteiger partial charge in [0.1, 0.15) is 5.75 Å². The van der Waals surface area contributed by atoms with Crippen LogP contribution in [0.4, 0.5) is 0 Å². The fourth-order valence-electron chi connectivity index (χ4n) is 4.32. The lowest BCUT2D eigenvalue weighted by atomic mass is 9.95. The molecule has 2 N–H and O–H groups in total. The Morgan fingerprint density at radius 2 is 1.97 bits per heavy atom. The molecule has 8 heteroatoms. The second kappa shape index (κ2) is 11.8. The number of nitrogens with one attached hydrogen (secondary N) is 1. The van der Waals surface area contributed by atoms with Crippen LogP contribution in [0.3, 0.4) is 0 Å². The predicted octanol–water partition coefficient (Wildman–Crippen LogP) is 5.44. The molecule has 1 saturated carbocycles. The minimum absolute atomic E-state index is 0.143. The zero-order valence-electron chi connectivity index (χ0n) is 20.0. The maximum absolute atomic E-state index is 12.5. The molecule has 182 valence electrons. The Kier molecular flexibility index (Phi) is 8.36. The summed E-state index contributed by atoms with van der Waals surface area (Å²) in [4.78, 5) is 12.5. The van der Waals surface area contributed by atoms with E-state index in [-0.39, 0.29) is 17.4 Å². The van der Waals surface area contributed by atoms with Gasteiger partial charge < -0.3 is 5.11 Å². The topological polar surface area (TPSA) is 92.4 Å². The molecule has 0 saturated heterocycles. The highest BCUT2D eigenvalue weighted by Gasteiger charge is 2.24. The Bertz CT molecular complexity index is 1200. The number of phenols is 1. The Morgan fingerprint density at radius 1 is 1.20 bits per heavy atom. The van der Waals surface area contributed by atoms with Gasteiger partial charge in [-0.2, -0.15) is 5.10 Å². The van der Waals surface area contributed by atoms with Gasteiger partial charge in [0.2, 0.25) is 0 Å². The zero-order valence-corrected chi connectivity index (χ0v) is 20.8. The summed E-state index contributed by atoms with van der Waals surface area (Å²) >= 11 is 1.37. The highest BCUT2D eigenvalue weighted by molar-refractivity contribution is 7.99. The third-order valence-electron chi connectivity index (χ3n) is 6.15. The lowest BCUT2D eigenvalue weighted by Crippen LogP contribution is -2.20. The van der Waals surface area contributed by atoms with Gasteiger partial charge in [-0.15, -0.1) is 16.8 Å². The SMILES string of the molecule is C=CCc1cccc(/C=N\NC(=O)CSc2nnc(-c3ccc(C)cc3)n2C2CCCCC2)c1O. The highest BCUT2D eigenvalue weighted by Crippen LogP contribution is 2.35. The van der Waals surface area contributed by atoms with Crippen molar-refractivity contribution in [3.05, 3.63) is 71.8 Å². The van der Waals surface area contributed by atoms with Gasteiger partial charge in [-0.25, -0.2) is 5.43 Å². The van der Waals surface area contributed by atoms with Crippen molar-refractivity contribution in [3.8, 4) is 17.1 Å². The molecule has 7 nitrogen and oxygen atoms in total. The summed E-state index contributed by atoms with van der Waals surface area (Å²) in [5, 5.41) is 24.0. The highest BCUT2D eigenvalue weighted by atomic mass is 32.2. The van der Waals surface area contributed by atoms with Crippen LogP contribution in [-0.2, 0) is 11.2 Å². The summed E-state index contributed by atoms with van der Waals surface area (Å²) in [6.45, 7) is 5.77. The number of carbonyl (C=O) groups is 1. The van der Waals surface area contributed by atoms with Gasteiger partial charge >= 0.3 is 0 Å². The van der Waals surface area contributed by atoms with Crippen molar-refractivity contribution >= 4 is 23.9 Å². The van der Waals surface area contributed by atoms with Crippen molar-refractivity contribution in [1.29, 1.82) is 0 Å². The van der Waals surface area contributed by atoms with Crippen LogP contribution in [0.5, 0.6) is 5.75 Å². The second-order valence-electron chi connectivity index (χ2n) is 8.76. The number of rotatable bonds is 9. The largest absolute Gasteiger partial charge is 0.507 e. The summed E-state index contributed by atoms with van der Waals surface area (Å²) in [7, 11) is 0. The summed E-state index contributed by atoms with van der Waals surface area (Å²) in [5.41, 5.74) is 6.08. The minimum Gasteiger partial charge on any atom is -0.507 e. The molecule has 0 radical (unpaired) electrons. The lowest BCUT2D eigenvalue weighted by molar-refractivity contribution is -0.118. The Hall–Kier alpha value is -3.39. The number of benzene rings is 2. The first kappa shape index (κ1) is 24.7. The smallest absolute Gasteiger partial charge is 0.250 e. The number of hydrazone groups is 1. The molecule has 1 aromatic heterocycles. The molecule has 1 aliphatic carbocycles. The number of phenolic OH excluding ortho intramolecular Hbond substituents is 1. The van der Waals surface area contributed by atoms with Crippen molar-refractivity contribution in [2.75, 3.05) is 5.75 Å². The molecule has 3 aromatic rings. The van der Waals surface area contributed by atoms with Gasteiger partial charge in [-0.05, 0) is 37.8 Å². The van der Waals surface area contributed by atoms with Crippen LogP contribution >= 0.6 is 11.8 Å². The number of amides is 1. The average Bonchev–Trinajstić information content (AvgIpc) is 3.30. The van der Waals surface area contributed by atoms with Crippen LogP contribution in [0.2, 0.25) is 0 Å². The number of thioether (sulfide) groups is 1. The maximum atomic E-state index is 12.5. The van der Waals surface area contributed by atoms with Crippen molar-refractivity contribution in [3.63, 3.8) is 0 Å². The van der Waals surface area contributed by atoms with E-state index in [1.54, 1.807) is 12.1 Å². The number of carbonyl (C=O) groups excluding carboxylic acids is 1. The van der Waals surface area contributed by atoms with Crippen LogP contribution in [0.15, 0.2) is 65.4 Å². The van der Waals surface area contributed by atoms with E-state index < -0.39 is 0 Å². The molecule has 4 rings (SSSR count). The number of hydrogen-bond acceptors (Lipinski definition) is 6. The molecule has 0 aliphatic heterocycles. The maximum Gasteiger partial charge on any atom is 0.250 e. The first-order chi connectivity index (χ1) is 17.1. The van der Waals surface area contributed by atoms with E-state index in [1.807, 2.05) is 12.1 Å². The summed E-state index contributed by atoms with van der Waals surface area (Å²) in [6.07, 6.45) is 9.56. The molecule has 1 fully saturated rings. The number of aryl methyl sites for hydroxylation is 1. The number of allylic oxidation sites excluding steroid dienone is 1. The molecule has 2 aromatic carbocycles. The summed E-state index contributed by atoms with van der Waals surface area (Å²) in [5.74, 6) is 0.915. The van der Waals surface area contributed by atoms with Crippen molar-refractivity contribution in [1.82, 2.24) is 20.2 Å². The fourth-order valence-corrected chi connectivity index (χ4v) is 5.11. The molecule has 0 atom stereocenters. The summed E-state index contributed by atoms with van der Waals surface area (Å²) in [6, 6.07) is 14.1. The lowest BCUT2D eigenvalue weighted by Gasteiger charge is -2.25. The average molecular weight is 490 g/mol. The zero-order chi connectivity index (χ0) is 24.6. The fraction of sp³-hybridized carbons (Fsp3) is 0.333. The molecule has 0 bridgehead atoms. The van der Waals surface area contributed by atoms with Gasteiger partial charge in [0.25, 0.3) is 5.91 Å². The third kappa shape index (κ3) is 6.19. The predicted molar refractivity (Wildman–Crippen MR) is 141 cm³/mol. The Morgan fingerprint density at radius 3 is 2.71 bits per heavy atom. The molecule has 0 unspecified atom stereocenters. The molecular formula is C27H31N5O2S. The van der Waals surface area contributed by atoms with Crippen LogP contribution in [0.25, 0.3) is 11.4 Å². The van der Waals surface area contributed by atoms with E-state index in [0.717, 1.165) is 34.9 Å². The molecule has 0 spiro atoms. The van der Waals surface area contributed by atoms with Crippen LogP contribution < -0.4 is 5.43 Å². The van der Waals surface area contributed by atoms with Gasteiger partial charge in [-0.3, -0.25) is 9.36 Å². The van der Waals surface area contributed by atoms with Gasteiger partial charge in [-0.1, -0.05) is 79.1 Å². The quantitative estimate of drug-likeness (QED) is 0.181. The van der Waals surface area contributed by atoms with E-state index in [1.165, 1.54) is 42.8 Å². The Balaban J connectivity index is 1.44. The molecule has 1 amide bonds. The van der Waals surface area contributed by atoms with Gasteiger partial charge in [0, 0.05) is 17.2 Å². The first-order valence-corrected chi connectivity index (χ1v) is 12.9. The normalized spacial score (nSPS) is 14.3. The molecule has 35 heavy (non-hydrogen) atoms. The third-order valence-corrected chi connectivity index (χ3v) is 7.10. The number of para-hydroxylation sites is 1.